The molecule has 0 radical (unpaired) electrons. The van der Waals surface area contributed by atoms with Crippen LogP contribution >= 0.6 is 11.6 Å². The van der Waals surface area contributed by atoms with Gasteiger partial charge in [0, 0.05) is 25.5 Å². The molecule has 0 saturated carbocycles. The molecule has 7 heteroatoms. The number of piperidine rings is 1. The van der Waals surface area contributed by atoms with Crippen LogP contribution in [0.2, 0.25) is 5.02 Å². The van der Waals surface area contributed by atoms with Crippen molar-refractivity contribution in [1.82, 2.24) is 14.3 Å². The first-order valence-corrected chi connectivity index (χ1v) is 8.52. The van der Waals surface area contributed by atoms with E-state index < -0.39 is 0 Å². The van der Waals surface area contributed by atoms with Crippen LogP contribution in [-0.4, -0.2) is 45.9 Å². The van der Waals surface area contributed by atoms with E-state index in [1.54, 1.807) is 24.1 Å². The number of esters is 1. The van der Waals surface area contributed by atoms with Crippen molar-refractivity contribution in [3.63, 3.8) is 0 Å². The average Bonchev–Trinajstić information content (AvgIpc) is 2.96. The molecular formula is C17H20ClN3O3. The standard InChI is InChI=1S/C17H20ClN3O3/c1-2-24-17(23)12-5-7-20(8-6-12)16(22)9-14-11-21-10-13(18)3-4-15(21)19-14/h3-4,10-12H,2,5-9H2,1H3. The van der Waals surface area contributed by atoms with Gasteiger partial charge in [0.1, 0.15) is 5.65 Å². The smallest absolute Gasteiger partial charge is 0.309 e. The van der Waals surface area contributed by atoms with Gasteiger partial charge in [0.05, 0.1) is 29.7 Å². The van der Waals surface area contributed by atoms with E-state index in [-0.39, 0.29) is 24.2 Å². The number of hydrogen-bond acceptors (Lipinski definition) is 4. The minimum Gasteiger partial charge on any atom is -0.466 e. The number of imidazole rings is 1. The second-order valence-electron chi connectivity index (χ2n) is 5.93. The fourth-order valence-corrected chi connectivity index (χ4v) is 3.16. The fraction of sp³-hybridized carbons (Fsp3) is 0.471. The maximum atomic E-state index is 12.4. The Morgan fingerprint density at radius 1 is 1.29 bits per heavy atom. The van der Waals surface area contributed by atoms with Gasteiger partial charge in [0.15, 0.2) is 0 Å². The van der Waals surface area contributed by atoms with E-state index in [1.807, 2.05) is 16.7 Å². The zero-order valence-corrected chi connectivity index (χ0v) is 14.3. The van der Waals surface area contributed by atoms with Crippen LogP contribution in [0.4, 0.5) is 0 Å². The van der Waals surface area contributed by atoms with Crippen molar-refractivity contribution in [2.75, 3.05) is 19.7 Å². The van der Waals surface area contributed by atoms with E-state index >= 15 is 0 Å². The monoisotopic (exact) mass is 349 g/mol. The minimum absolute atomic E-state index is 0.0341. The van der Waals surface area contributed by atoms with Crippen molar-refractivity contribution in [2.45, 2.75) is 26.2 Å². The van der Waals surface area contributed by atoms with Crippen LogP contribution < -0.4 is 0 Å². The van der Waals surface area contributed by atoms with E-state index in [2.05, 4.69) is 4.98 Å². The number of nitrogens with zero attached hydrogens (tertiary/aromatic N) is 3. The maximum absolute atomic E-state index is 12.4. The lowest BCUT2D eigenvalue weighted by Crippen LogP contribution is -2.41. The Labute approximate surface area is 145 Å². The molecule has 0 aromatic carbocycles. The van der Waals surface area contributed by atoms with Gasteiger partial charge in [-0.3, -0.25) is 9.59 Å². The molecule has 128 valence electrons. The quantitative estimate of drug-likeness (QED) is 0.795. The Kier molecular flexibility index (Phi) is 5.04. The molecule has 0 aliphatic carbocycles. The number of ether oxygens (including phenoxy) is 1. The van der Waals surface area contributed by atoms with Crippen molar-refractivity contribution >= 4 is 29.1 Å². The Balaban J connectivity index is 1.58. The molecule has 0 N–H and O–H groups in total. The molecule has 1 amide bonds. The number of pyridine rings is 1. The SMILES string of the molecule is CCOC(=O)C1CCN(C(=O)Cc2cn3cc(Cl)ccc3n2)CC1. The van der Waals surface area contributed by atoms with Crippen LogP contribution in [0.25, 0.3) is 5.65 Å². The number of fused-ring (bicyclic) bond motifs is 1. The summed E-state index contributed by atoms with van der Waals surface area (Å²) in [5, 5.41) is 0.624. The molecule has 24 heavy (non-hydrogen) atoms. The molecule has 1 aliphatic heterocycles. The van der Waals surface area contributed by atoms with Gasteiger partial charge in [-0.25, -0.2) is 4.98 Å². The molecule has 0 bridgehead atoms. The Morgan fingerprint density at radius 2 is 2.04 bits per heavy atom. The number of halogens is 1. The Morgan fingerprint density at radius 3 is 2.75 bits per heavy atom. The summed E-state index contributed by atoms with van der Waals surface area (Å²) in [7, 11) is 0. The number of likely N-dealkylation sites (tertiary alicyclic amines) is 1. The first-order valence-electron chi connectivity index (χ1n) is 8.14. The lowest BCUT2D eigenvalue weighted by atomic mass is 9.97. The van der Waals surface area contributed by atoms with Crippen LogP contribution in [0.15, 0.2) is 24.5 Å². The van der Waals surface area contributed by atoms with Crippen molar-refractivity contribution < 1.29 is 14.3 Å². The second kappa shape index (κ2) is 7.21. The van der Waals surface area contributed by atoms with Gasteiger partial charge in [-0.1, -0.05) is 11.6 Å². The number of carbonyl (C=O) groups is 2. The zero-order chi connectivity index (χ0) is 17.1. The van der Waals surface area contributed by atoms with Gasteiger partial charge in [-0.2, -0.15) is 0 Å². The van der Waals surface area contributed by atoms with Crippen LogP contribution in [-0.2, 0) is 20.7 Å². The molecule has 3 heterocycles. The van der Waals surface area contributed by atoms with Crippen molar-refractivity contribution in [2.24, 2.45) is 5.92 Å². The summed E-state index contributed by atoms with van der Waals surface area (Å²) in [5.74, 6) is -0.208. The largest absolute Gasteiger partial charge is 0.466 e. The lowest BCUT2D eigenvalue weighted by molar-refractivity contribution is -0.151. The molecule has 2 aromatic heterocycles. The summed E-state index contributed by atoms with van der Waals surface area (Å²) in [6.45, 7) is 3.37. The molecule has 1 aliphatic rings. The summed E-state index contributed by atoms with van der Waals surface area (Å²) in [5.41, 5.74) is 1.48. The lowest BCUT2D eigenvalue weighted by Gasteiger charge is -2.30. The number of hydrogen-bond donors (Lipinski definition) is 0. The van der Waals surface area contributed by atoms with Gasteiger partial charge in [0.25, 0.3) is 0 Å². The van der Waals surface area contributed by atoms with E-state index in [9.17, 15) is 9.59 Å². The number of amides is 1. The molecule has 0 unspecified atom stereocenters. The number of aromatic nitrogens is 2. The Bertz CT molecular complexity index is 751. The van der Waals surface area contributed by atoms with Gasteiger partial charge < -0.3 is 14.0 Å². The van der Waals surface area contributed by atoms with Crippen molar-refractivity contribution in [1.29, 1.82) is 0 Å². The van der Waals surface area contributed by atoms with Crippen LogP contribution in [0.3, 0.4) is 0 Å². The molecule has 0 spiro atoms. The maximum Gasteiger partial charge on any atom is 0.309 e. The predicted molar refractivity (Wildman–Crippen MR) is 89.8 cm³/mol. The molecule has 1 saturated heterocycles. The molecule has 3 rings (SSSR count). The molecular weight excluding hydrogens is 330 g/mol. The first-order chi connectivity index (χ1) is 11.6. The third-order valence-corrected chi connectivity index (χ3v) is 4.49. The zero-order valence-electron chi connectivity index (χ0n) is 13.6. The summed E-state index contributed by atoms with van der Waals surface area (Å²) < 4.78 is 6.87. The van der Waals surface area contributed by atoms with Gasteiger partial charge >= 0.3 is 5.97 Å². The van der Waals surface area contributed by atoms with E-state index in [1.165, 1.54) is 0 Å². The summed E-state index contributed by atoms with van der Waals surface area (Å²) >= 11 is 5.96. The highest BCUT2D eigenvalue weighted by molar-refractivity contribution is 6.30. The van der Waals surface area contributed by atoms with Crippen LogP contribution in [0.5, 0.6) is 0 Å². The van der Waals surface area contributed by atoms with Crippen molar-refractivity contribution in [3.05, 3.63) is 35.2 Å². The van der Waals surface area contributed by atoms with E-state index in [0.717, 1.165) is 11.3 Å². The van der Waals surface area contributed by atoms with Gasteiger partial charge in [-0.15, -0.1) is 0 Å². The summed E-state index contributed by atoms with van der Waals surface area (Å²) in [4.78, 5) is 30.4. The molecule has 2 aromatic rings. The normalized spacial score (nSPS) is 15.7. The second-order valence-corrected chi connectivity index (χ2v) is 6.37. The minimum atomic E-state index is -0.151. The first kappa shape index (κ1) is 16.8. The molecule has 6 nitrogen and oxygen atoms in total. The highest BCUT2D eigenvalue weighted by Gasteiger charge is 2.28. The fourth-order valence-electron chi connectivity index (χ4n) is 2.99. The number of carbonyl (C=O) groups excluding carboxylic acids is 2. The third-order valence-electron chi connectivity index (χ3n) is 4.26. The van der Waals surface area contributed by atoms with Crippen LogP contribution in [0, 0.1) is 5.92 Å². The molecule has 1 fully saturated rings. The van der Waals surface area contributed by atoms with Gasteiger partial charge in [0.2, 0.25) is 5.91 Å². The number of rotatable bonds is 4. The highest BCUT2D eigenvalue weighted by Crippen LogP contribution is 2.20. The van der Waals surface area contributed by atoms with E-state index in [4.69, 9.17) is 16.3 Å². The summed E-state index contributed by atoms with van der Waals surface area (Å²) in [6, 6.07) is 3.59. The van der Waals surface area contributed by atoms with Crippen LogP contribution in [0.1, 0.15) is 25.5 Å². The highest BCUT2D eigenvalue weighted by atomic mass is 35.5. The summed E-state index contributed by atoms with van der Waals surface area (Å²) in [6.07, 6.45) is 5.16. The Hall–Kier alpha value is -2.08. The van der Waals surface area contributed by atoms with Crippen molar-refractivity contribution in [3.8, 4) is 0 Å². The third kappa shape index (κ3) is 3.70. The average molecular weight is 350 g/mol. The van der Waals surface area contributed by atoms with Gasteiger partial charge in [-0.05, 0) is 31.9 Å². The molecule has 0 atom stereocenters. The predicted octanol–water partition coefficient (Wildman–Crippen LogP) is 2.33. The van der Waals surface area contributed by atoms with E-state index in [0.29, 0.717) is 37.6 Å². The topological polar surface area (TPSA) is 63.9 Å².